The number of carboxylic acids is 1. The fraction of sp³-hybridized carbons (Fsp3) is 0.909. The third-order valence-electron chi connectivity index (χ3n) is 3.04. The Morgan fingerprint density at radius 3 is 2.88 bits per heavy atom. The molecule has 4 nitrogen and oxygen atoms in total. The van der Waals surface area contributed by atoms with Gasteiger partial charge in [-0.3, -0.25) is 10.1 Å². The van der Waals surface area contributed by atoms with E-state index in [0.29, 0.717) is 25.1 Å². The molecular formula is C11H21NO3S. The summed E-state index contributed by atoms with van der Waals surface area (Å²) < 4.78 is 5.57. The molecule has 1 saturated heterocycles. The molecule has 94 valence electrons. The van der Waals surface area contributed by atoms with E-state index < -0.39 is 5.97 Å². The molecule has 2 atom stereocenters. The molecule has 1 unspecified atom stereocenters. The van der Waals surface area contributed by atoms with Crippen molar-refractivity contribution in [3.05, 3.63) is 0 Å². The van der Waals surface area contributed by atoms with Gasteiger partial charge in [0.1, 0.15) is 5.72 Å². The average molecular weight is 247 g/mol. The van der Waals surface area contributed by atoms with Gasteiger partial charge in [-0.1, -0.05) is 0 Å². The van der Waals surface area contributed by atoms with Crippen molar-refractivity contribution in [1.29, 1.82) is 0 Å². The minimum Gasteiger partial charge on any atom is -0.481 e. The third-order valence-corrected chi connectivity index (χ3v) is 3.30. The molecule has 0 amide bonds. The van der Waals surface area contributed by atoms with Crippen LogP contribution in [0.1, 0.15) is 32.6 Å². The molecule has 1 rings (SSSR count). The lowest BCUT2D eigenvalue weighted by molar-refractivity contribution is -0.142. The van der Waals surface area contributed by atoms with Crippen LogP contribution in [0.5, 0.6) is 0 Å². The molecule has 1 heterocycles. The second-order valence-electron chi connectivity index (χ2n) is 4.45. The highest BCUT2D eigenvalue weighted by Gasteiger charge is 2.29. The van der Waals surface area contributed by atoms with E-state index in [4.69, 9.17) is 9.84 Å². The molecule has 0 radical (unpaired) electrons. The summed E-state index contributed by atoms with van der Waals surface area (Å²) in [4.78, 5) is 10.9. The van der Waals surface area contributed by atoms with E-state index in [1.807, 2.05) is 6.92 Å². The number of thiol groups is 1. The first-order valence-electron chi connectivity index (χ1n) is 5.80. The highest BCUT2D eigenvalue weighted by Crippen LogP contribution is 2.22. The minimum absolute atomic E-state index is 0.246. The van der Waals surface area contributed by atoms with Crippen molar-refractivity contribution < 1.29 is 14.6 Å². The topological polar surface area (TPSA) is 58.6 Å². The molecule has 0 aromatic carbocycles. The van der Waals surface area contributed by atoms with Crippen molar-refractivity contribution in [3.63, 3.8) is 0 Å². The number of hydrogen-bond acceptors (Lipinski definition) is 4. The lowest BCUT2D eigenvalue weighted by atomic mass is 10.0. The van der Waals surface area contributed by atoms with E-state index in [1.54, 1.807) is 0 Å². The highest BCUT2D eigenvalue weighted by molar-refractivity contribution is 7.80. The first kappa shape index (κ1) is 13.8. The van der Waals surface area contributed by atoms with E-state index in [0.717, 1.165) is 19.4 Å². The van der Waals surface area contributed by atoms with Gasteiger partial charge in [0.15, 0.2) is 0 Å². The molecule has 1 aliphatic heterocycles. The maximum atomic E-state index is 10.9. The van der Waals surface area contributed by atoms with Gasteiger partial charge in [-0.2, -0.15) is 12.6 Å². The number of rotatable bonds is 7. The Morgan fingerprint density at radius 1 is 1.62 bits per heavy atom. The summed E-state index contributed by atoms with van der Waals surface area (Å²) in [5.41, 5.74) is -0.246. The number of carbonyl (C=O) groups is 1. The summed E-state index contributed by atoms with van der Waals surface area (Å²) >= 11 is 4.07. The Morgan fingerprint density at radius 2 is 2.38 bits per heavy atom. The van der Waals surface area contributed by atoms with Gasteiger partial charge in [-0.15, -0.1) is 0 Å². The van der Waals surface area contributed by atoms with Gasteiger partial charge in [0.2, 0.25) is 0 Å². The summed E-state index contributed by atoms with van der Waals surface area (Å²) in [6.07, 6.45) is 3.33. The second-order valence-corrected chi connectivity index (χ2v) is 4.89. The van der Waals surface area contributed by atoms with Crippen LogP contribution in [0.25, 0.3) is 0 Å². The van der Waals surface area contributed by atoms with Crippen LogP contribution >= 0.6 is 12.6 Å². The summed E-state index contributed by atoms with van der Waals surface area (Å²) in [5.74, 6) is -0.409. The molecule has 0 aromatic heterocycles. The first-order chi connectivity index (χ1) is 7.57. The molecule has 0 saturated carbocycles. The quantitative estimate of drug-likeness (QED) is 0.597. The lowest BCUT2D eigenvalue weighted by Gasteiger charge is -2.25. The smallest absolute Gasteiger partial charge is 0.306 e. The van der Waals surface area contributed by atoms with Gasteiger partial charge < -0.3 is 9.84 Å². The zero-order valence-corrected chi connectivity index (χ0v) is 10.6. The largest absolute Gasteiger partial charge is 0.481 e. The fourth-order valence-electron chi connectivity index (χ4n) is 1.98. The van der Waals surface area contributed by atoms with Gasteiger partial charge >= 0.3 is 5.97 Å². The molecule has 0 aliphatic carbocycles. The highest BCUT2D eigenvalue weighted by atomic mass is 32.1. The molecule has 0 bridgehead atoms. The number of carboxylic acid groups (broad SMARTS) is 1. The van der Waals surface area contributed by atoms with Crippen molar-refractivity contribution in [2.75, 3.05) is 18.9 Å². The molecule has 16 heavy (non-hydrogen) atoms. The number of aliphatic carboxylic acids is 1. The Hall–Kier alpha value is -0.260. The maximum absolute atomic E-state index is 10.9. The van der Waals surface area contributed by atoms with Gasteiger partial charge in [-0.05, 0) is 44.9 Å². The average Bonchev–Trinajstić information content (AvgIpc) is 2.64. The Labute approximate surface area is 102 Å². The van der Waals surface area contributed by atoms with E-state index in [1.165, 1.54) is 0 Å². The van der Waals surface area contributed by atoms with E-state index in [9.17, 15) is 4.79 Å². The van der Waals surface area contributed by atoms with Crippen LogP contribution in [0.15, 0.2) is 0 Å². The summed E-state index contributed by atoms with van der Waals surface area (Å²) in [6.45, 7) is 3.50. The SMILES string of the molecule is C[C@@]1(NCCC(CCS)C(=O)O)CCCO1. The summed E-state index contributed by atoms with van der Waals surface area (Å²) in [6, 6.07) is 0. The molecule has 5 heteroatoms. The molecule has 0 spiro atoms. The van der Waals surface area contributed by atoms with Crippen molar-refractivity contribution >= 4 is 18.6 Å². The van der Waals surface area contributed by atoms with E-state index >= 15 is 0 Å². The van der Waals surface area contributed by atoms with Crippen LogP contribution in [0, 0.1) is 5.92 Å². The molecule has 2 N–H and O–H groups in total. The monoisotopic (exact) mass is 247 g/mol. The van der Waals surface area contributed by atoms with Crippen LogP contribution in [0.2, 0.25) is 0 Å². The van der Waals surface area contributed by atoms with E-state index in [-0.39, 0.29) is 11.6 Å². The van der Waals surface area contributed by atoms with Gasteiger partial charge in [0.05, 0.1) is 5.92 Å². The zero-order chi connectivity index (χ0) is 12.0. The van der Waals surface area contributed by atoms with Crippen LogP contribution in [-0.2, 0) is 9.53 Å². The zero-order valence-electron chi connectivity index (χ0n) is 9.74. The third kappa shape index (κ3) is 4.31. The van der Waals surface area contributed by atoms with Crippen molar-refractivity contribution in [3.8, 4) is 0 Å². The van der Waals surface area contributed by atoms with Crippen LogP contribution in [-0.4, -0.2) is 35.7 Å². The van der Waals surface area contributed by atoms with Crippen LogP contribution < -0.4 is 5.32 Å². The predicted octanol–water partition coefficient (Wildman–Crippen LogP) is 1.51. The summed E-state index contributed by atoms with van der Waals surface area (Å²) in [7, 11) is 0. The fourth-order valence-corrected chi connectivity index (χ4v) is 2.29. The lowest BCUT2D eigenvalue weighted by Crippen LogP contribution is -2.42. The number of ether oxygens (including phenoxy) is 1. The number of hydrogen-bond donors (Lipinski definition) is 3. The van der Waals surface area contributed by atoms with Crippen LogP contribution in [0.4, 0.5) is 0 Å². The van der Waals surface area contributed by atoms with Gasteiger partial charge in [-0.25, -0.2) is 0 Å². The molecular weight excluding hydrogens is 226 g/mol. The Kier molecular flexibility index (Phi) is 5.58. The Bertz CT molecular complexity index is 229. The minimum atomic E-state index is -0.728. The van der Waals surface area contributed by atoms with Crippen LogP contribution in [0.3, 0.4) is 0 Å². The standard InChI is InChI=1S/C11H21NO3S/c1-11(5-2-7-15-11)12-6-3-9(4-8-16)10(13)14/h9,12,16H,2-8H2,1H3,(H,13,14)/t9?,11-/m0/s1. The molecule has 1 aliphatic rings. The number of nitrogens with one attached hydrogen (secondary N) is 1. The maximum Gasteiger partial charge on any atom is 0.306 e. The van der Waals surface area contributed by atoms with Gasteiger partial charge in [0.25, 0.3) is 0 Å². The predicted molar refractivity (Wildman–Crippen MR) is 65.8 cm³/mol. The van der Waals surface area contributed by atoms with Gasteiger partial charge in [0, 0.05) is 6.61 Å². The van der Waals surface area contributed by atoms with Crippen molar-refractivity contribution in [2.24, 2.45) is 5.92 Å². The van der Waals surface area contributed by atoms with E-state index in [2.05, 4.69) is 17.9 Å². The second kappa shape index (κ2) is 6.47. The van der Waals surface area contributed by atoms with Crippen molar-refractivity contribution in [2.45, 2.75) is 38.3 Å². The normalized spacial score (nSPS) is 26.9. The summed E-state index contributed by atoms with van der Waals surface area (Å²) in [5, 5.41) is 12.3. The molecule has 0 aromatic rings. The molecule has 1 fully saturated rings. The Balaban J connectivity index is 2.24. The first-order valence-corrected chi connectivity index (χ1v) is 6.43. The van der Waals surface area contributed by atoms with Crippen molar-refractivity contribution in [1.82, 2.24) is 5.32 Å².